The van der Waals surface area contributed by atoms with Crippen LogP contribution in [0.5, 0.6) is 0 Å². The van der Waals surface area contributed by atoms with Crippen LogP contribution in [0.2, 0.25) is 0 Å². The Hall–Kier alpha value is -0.450. The van der Waals surface area contributed by atoms with E-state index in [0.717, 1.165) is 32.5 Å². The smallest absolute Gasteiger partial charge is 0.0940 e. The van der Waals surface area contributed by atoms with Crippen molar-refractivity contribution >= 4 is 11.3 Å². The summed E-state index contributed by atoms with van der Waals surface area (Å²) in [7, 11) is 0. The van der Waals surface area contributed by atoms with Crippen LogP contribution in [0.15, 0.2) is 5.38 Å². The number of nitrogens with zero attached hydrogens (tertiary/aromatic N) is 1. The molecule has 0 bridgehead atoms. The predicted octanol–water partition coefficient (Wildman–Crippen LogP) is 1.54. The van der Waals surface area contributed by atoms with Crippen LogP contribution in [-0.4, -0.2) is 24.7 Å². The number of hydrogen-bond donors (Lipinski definition) is 1. The molecule has 78 valence electrons. The minimum Gasteiger partial charge on any atom is -0.381 e. The molecule has 0 aliphatic carbocycles. The summed E-state index contributed by atoms with van der Waals surface area (Å²) in [6.45, 7) is 2.46. The molecule has 0 atom stereocenters. The van der Waals surface area contributed by atoms with Gasteiger partial charge in [-0.05, 0) is 19.4 Å². The highest BCUT2D eigenvalue weighted by Crippen LogP contribution is 2.27. The highest BCUT2D eigenvalue weighted by atomic mass is 32.1. The van der Waals surface area contributed by atoms with E-state index < -0.39 is 0 Å². The Morgan fingerprint density at radius 2 is 2.29 bits per heavy atom. The molecule has 1 aliphatic heterocycles. The molecule has 3 nitrogen and oxygen atoms in total. The average molecular weight is 212 g/mol. The summed E-state index contributed by atoms with van der Waals surface area (Å²) >= 11 is 1.74. The van der Waals surface area contributed by atoms with Crippen molar-refractivity contribution in [3.05, 3.63) is 16.1 Å². The monoisotopic (exact) mass is 212 g/mol. The Labute approximate surface area is 88.3 Å². The topological polar surface area (TPSA) is 48.1 Å². The largest absolute Gasteiger partial charge is 0.381 e. The van der Waals surface area contributed by atoms with Crippen LogP contribution in [0.3, 0.4) is 0 Å². The quantitative estimate of drug-likeness (QED) is 0.826. The molecule has 0 unspecified atom stereocenters. The maximum atomic E-state index is 5.49. The van der Waals surface area contributed by atoms with Gasteiger partial charge in [0, 0.05) is 30.9 Å². The van der Waals surface area contributed by atoms with E-state index in [1.165, 1.54) is 10.7 Å². The van der Waals surface area contributed by atoms with Crippen molar-refractivity contribution in [3.8, 4) is 0 Å². The molecular formula is C10H16N2OS. The van der Waals surface area contributed by atoms with Crippen molar-refractivity contribution in [2.45, 2.75) is 25.2 Å². The third kappa shape index (κ3) is 2.32. The second-order valence-electron chi connectivity index (χ2n) is 3.59. The maximum Gasteiger partial charge on any atom is 0.0940 e. The number of nitrogens with two attached hydrogens (primary N) is 1. The molecule has 1 aromatic rings. The fourth-order valence-corrected chi connectivity index (χ4v) is 2.64. The molecule has 0 spiro atoms. The van der Waals surface area contributed by atoms with Gasteiger partial charge in [-0.15, -0.1) is 11.3 Å². The molecule has 1 aromatic heterocycles. The van der Waals surface area contributed by atoms with Crippen LogP contribution in [-0.2, 0) is 11.2 Å². The van der Waals surface area contributed by atoms with Crippen molar-refractivity contribution < 1.29 is 4.74 Å². The van der Waals surface area contributed by atoms with Gasteiger partial charge in [0.15, 0.2) is 0 Å². The summed E-state index contributed by atoms with van der Waals surface area (Å²) < 4.78 is 5.33. The zero-order valence-corrected chi connectivity index (χ0v) is 9.05. The third-order valence-corrected chi connectivity index (χ3v) is 3.49. The first-order chi connectivity index (χ1) is 6.90. The van der Waals surface area contributed by atoms with Gasteiger partial charge >= 0.3 is 0 Å². The number of aromatic nitrogens is 1. The zero-order valence-electron chi connectivity index (χ0n) is 8.24. The predicted molar refractivity (Wildman–Crippen MR) is 57.7 cm³/mol. The lowest BCUT2D eigenvalue weighted by Crippen LogP contribution is -2.14. The van der Waals surface area contributed by atoms with E-state index in [9.17, 15) is 0 Å². The Bertz CT molecular complexity index is 281. The molecule has 1 aliphatic rings. The van der Waals surface area contributed by atoms with Crippen molar-refractivity contribution in [1.82, 2.24) is 4.98 Å². The van der Waals surface area contributed by atoms with Gasteiger partial charge in [-0.1, -0.05) is 0 Å². The molecular weight excluding hydrogens is 196 g/mol. The number of ether oxygens (including phenoxy) is 1. The van der Waals surface area contributed by atoms with Gasteiger partial charge < -0.3 is 10.5 Å². The molecule has 0 saturated carbocycles. The number of rotatable bonds is 3. The molecule has 0 radical (unpaired) electrons. The third-order valence-electron chi connectivity index (χ3n) is 2.57. The SMILES string of the molecule is NCCc1nc(C2CCOCC2)cs1. The van der Waals surface area contributed by atoms with Gasteiger partial charge in [-0.2, -0.15) is 0 Å². The molecule has 14 heavy (non-hydrogen) atoms. The molecule has 0 amide bonds. The van der Waals surface area contributed by atoms with Crippen LogP contribution in [0.1, 0.15) is 29.5 Å². The van der Waals surface area contributed by atoms with E-state index in [1.807, 2.05) is 0 Å². The van der Waals surface area contributed by atoms with Gasteiger partial charge in [-0.3, -0.25) is 0 Å². The van der Waals surface area contributed by atoms with Crippen molar-refractivity contribution in [1.29, 1.82) is 0 Å². The van der Waals surface area contributed by atoms with Crippen LogP contribution in [0.4, 0.5) is 0 Å². The molecule has 2 heterocycles. The fraction of sp³-hybridized carbons (Fsp3) is 0.700. The van der Waals surface area contributed by atoms with Crippen molar-refractivity contribution in [2.24, 2.45) is 5.73 Å². The van der Waals surface area contributed by atoms with Crippen LogP contribution in [0, 0.1) is 0 Å². The summed E-state index contributed by atoms with van der Waals surface area (Å²) in [6, 6.07) is 0. The van der Waals surface area contributed by atoms with E-state index in [0.29, 0.717) is 12.5 Å². The molecule has 1 fully saturated rings. The van der Waals surface area contributed by atoms with Gasteiger partial charge in [-0.25, -0.2) is 4.98 Å². The summed E-state index contributed by atoms with van der Waals surface area (Å²) in [5.74, 6) is 0.617. The minimum absolute atomic E-state index is 0.617. The Morgan fingerprint density at radius 3 is 3.00 bits per heavy atom. The minimum atomic E-state index is 0.617. The first kappa shape index (κ1) is 10.1. The van der Waals surface area contributed by atoms with Crippen molar-refractivity contribution in [2.75, 3.05) is 19.8 Å². The van der Waals surface area contributed by atoms with Crippen LogP contribution >= 0.6 is 11.3 Å². The summed E-state index contributed by atoms with van der Waals surface area (Å²) in [4.78, 5) is 4.61. The first-order valence-electron chi connectivity index (χ1n) is 5.12. The van der Waals surface area contributed by atoms with Gasteiger partial charge in [0.25, 0.3) is 0 Å². The fourth-order valence-electron chi connectivity index (χ4n) is 1.74. The molecule has 2 rings (SSSR count). The van der Waals surface area contributed by atoms with E-state index in [1.54, 1.807) is 11.3 Å². The molecule has 0 aromatic carbocycles. The normalized spacial score (nSPS) is 18.6. The lowest BCUT2D eigenvalue weighted by Gasteiger charge is -2.19. The van der Waals surface area contributed by atoms with E-state index in [-0.39, 0.29) is 0 Å². The Kier molecular flexibility index (Phi) is 3.50. The number of hydrogen-bond acceptors (Lipinski definition) is 4. The Morgan fingerprint density at radius 1 is 1.50 bits per heavy atom. The van der Waals surface area contributed by atoms with Gasteiger partial charge in [0.05, 0.1) is 10.7 Å². The average Bonchev–Trinajstić information content (AvgIpc) is 2.68. The highest BCUT2D eigenvalue weighted by Gasteiger charge is 2.18. The summed E-state index contributed by atoms with van der Waals surface area (Å²) in [6.07, 6.45) is 3.14. The Balaban J connectivity index is 2.00. The van der Waals surface area contributed by atoms with Gasteiger partial charge in [0.1, 0.15) is 0 Å². The summed E-state index contributed by atoms with van der Waals surface area (Å²) in [5, 5.41) is 3.36. The first-order valence-corrected chi connectivity index (χ1v) is 6.00. The van der Waals surface area contributed by atoms with E-state index in [2.05, 4.69) is 10.4 Å². The highest BCUT2D eigenvalue weighted by molar-refractivity contribution is 7.09. The maximum absolute atomic E-state index is 5.49. The summed E-state index contributed by atoms with van der Waals surface area (Å²) in [5.41, 5.74) is 6.75. The van der Waals surface area contributed by atoms with Gasteiger partial charge in [0.2, 0.25) is 0 Å². The lowest BCUT2D eigenvalue weighted by molar-refractivity contribution is 0.0846. The number of thiazole rings is 1. The van der Waals surface area contributed by atoms with E-state index >= 15 is 0 Å². The van der Waals surface area contributed by atoms with Crippen LogP contribution in [0.25, 0.3) is 0 Å². The van der Waals surface area contributed by atoms with E-state index in [4.69, 9.17) is 10.5 Å². The second kappa shape index (κ2) is 4.87. The zero-order chi connectivity index (χ0) is 9.80. The molecule has 4 heteroatoms. The second-order valence-corrected chi connectivity index (χ2v) is 4.53. The molecule has 2 N–H and O–H groups in total. The molecule has 1 saturated heterocycles. The van der Waals surface area contributed by atoms with Crippen molar-refractivity contribution in [3.63, 3.8) is 0 Å². The van der Waals surface area contributed by atoms with Crippen LogP contribution < -0.4 is 5.73 Å². The standard InChI is InChI=1S/C10H16N2OS/c11-4-1-10-12-9(7-14-10)8-2-5-13-6-3-8/h7-8H,1-6,11H2. The lowest BCUT2D eigenvalue weighted by atomic mass is 9.98.